The molecule has 0 saturated carbocycles. The third-order valence-electron chi connectivity index (χ3n) is 0.740. The molecular formula is C5H13N3. The topological polar surface area (TPSA) is 28.0 Å². The second-order valence-electron chi connectivity index (χ2n) is 1.34. The molecule has 1 aliphatic rings. The lowest BCUT2D eigenvalue weighted by molar-refractivity contribution is 0.395. The Bertz CT molecular complexity index is 70.1. The molecule has 1 heterocycles. The molecule has 3 heteroatoms. The van der Waals surface area contributed by atoms with Crippen molar-refractivity contribution in [2.24, 2.45) is 10.3 Å². The molecule has 0 aromatic carbocycles. The Kier molecular flexibility index (Phi) is 4.21. The van der Waals surface area contributed by atoms with Crippen LogP contribution < -0.4 is 0 Å². The highest BCUT2D eigenvalue weighted by molar-refractivity contribution is 4.49. The molecule has 0 bridgehead atoms. The molecule has 0 spiro atoms. The van der Waals surface area contributed by atoms with E-state index in [9.17, 15) is 0 Å². The maximum Gasteiger partial charge on any atom is 0.0812 e. The van der Waals surface area contributed by atoms with Crippen molar-refractivity contribution < 1.29 is 0 Å². The second kappa shape index (κ2) is 4.56. The molecule has 0 radical (unpaired) electrons. The van der Waals surface area contributed by atoms with Crippen molar-refractivity contribution in [1.82, 2.24) is 5.01 Å². The van der Waals surface area contributed by atoms with Crippen LogP contribution in [-0.2, 0) is 0 Å². The number of hydrogen-bond acceptors (Lipinski definition) is 3. The standard InChI is InChI=1S/C3H7N3.C2H6/c1-6-3-2-4-5-6;1-2/h2-3H2,1H3;1-2H3. The molecule has 0 aromatic rings. The summed E-state index contributed by atoms with van der Waals surface area (Å²) in [4.78, 5) is 0. The van der Waals surface area contributed by atoms with Crippen LogP contribution in [0.4, 0.5) is 0 Å². The van der Waals surface area contributed by atoms with E-state index in [2.05, 4.69) is 10.3 Å². The van der Waals surface area contributed by atoms with E-state index in [-0.39, 0.29) is 0 Å². The quantitative estimate of drug-likeness (QED) is 0.468. The first-order valence-electron chi connectivity index (χ1n) is 2.98. The SMILES string of the molecule is CC.CN1CCN=N1. The lowest BCUT2D eigenvalue weighted by Crippen LogP contribution is -2.06. The zero-order valence-electron chi connectivity index (χ0n) is 5.76. The van der Waals surface area contributed by atoms with Gasteiger partial charge in [-0.05, 0) is 0 Å². The average Bonchev–Trinajstić information content (AvgIpc) is 2.24. The van der Waals surface area contributed by atoms with Gasteiger partial charge >= 0.3 is 0 Å². The minimum atomic E-state index is 0.872. The predicted octanol–water partition coefficient (Wildman–Crippen LogP) is 1.33. The molecule has 48 valence electrons. The van der Waals surface area contributed by atoms with Gasteiger partial charge in [-0.25, -0.2) is 0 Å². The van der Waals surface area contributed by atoms with Gasteiger partial charge in [-0.15, -0.1) is 0 Å². The van der Waals surface area contributed by atoms with Crippen LogP contribution in [-0.4, -0.2) is 25.1 Å². The van der Waals surface area contributed by atoms with Crippen LogP contribution in [0.3, 0.4) is 0 Å². The van der Waals surface area contributed by atoms with Crippen molar-refractivity contribution in [2.45, 2.75) is 13.8 Å². The summed E-state index contributed by atoms with van der Waals surface area (Å²) in [6.07, 6.45) is 0. The van der Waals surface area contributed by atoms with Crippen LogP contribution in [0.5, 0.6) is 0 Å². The number of hydrogen-bond donors (Lipinski definition) is 0. The fourth-order valence-corrected chi connectivity index (χ4v) is 0.387. The van der Waals surface area contributed by atoms with Gasteiger partial charge in [-0.3, -0.25) is 5.01 Å². The summed E-state index contributed by atoms with van der Waals surface area (Å²) in [7, 11) is 1.91. The molecule has 0 unspecified atom stereocenters. The summed E-state index contributed by atoms with van der Waals surface area (Å²) < 4.78 is 0. The van der Waals surface area contributed by atoms with Crippen LogP contribution in [0.2, 0.25) is 0 Å². The molecule has 0 N–H and O–H groups in total. The molecule has 0 aromatic heterocycles. The first-order valence-corrected chi connectivity index (χ1v) is 2.98. The van der Waals surface area contributed by atoms with Crippen LogP contribution >= 0.6 is 0 Å². The highest BCUT2D eigenvalue weighted by atomic mass is 15.6. The molecule has 1 rings (SSSR count). The molecular weight excluding hydrogens is 102 g/mol. The molecule has 0 amide bonds. The zero-order valence-corrected chi connectivity index (χ0v) is 5.76. The highest BCUT2D eigenvalue weighted by Gasteiger charge is 1.96. The Hall–Kier alpha value is -0.600. The Morgan fingerprint density at radius 3 is 2.12 bits per heavy atom. The third kappa shape index (κ3) is 2.55. The zero-order chi connectivity index (χ0) is 6.41. The van der Waals surface area contributed by atoms with E-state index in [0.717, 1.165) is 13.1 Å². The molecule has 0 fully saturated rings. The van der Waals surface area contributed by atoms with Gasteiger partial charge in [0.05, 0.1) is 13.1 Å². The van der Waals surface area contributed by atoms with Gasteiger partial charge in [0.25, 0.3) is 0 Å². The van der Waals surface area contributed by atoms with Gasteiger partial charge in [0.2, 0.25) is 0 Å². The van der Waals surface area contributed by atoms with Crippen molar-refractivity contribution in [3.63, 3.8) is 0 Å². The summed E-state index contributed by atoms with van der Waals surface area (Å²) >= 11 is 0. The summed E-state index contributed by atoms with van der Waals surface area (Å²) in [5, 5.41) is 9.23. The first kappa shape index (κ1) is 7.40. The lowest BCUT2D eigenvalue weighted by Gasteiger charge is -1.96. The Morgan fingerprint density at radius 1 is 1.38 bits per heavy atom. The molecule has 0 saturated heterocycles. The van der Waals surface area contributed by atoms with Crippen molar-refractivity contribution >= 4 is 0 Å². The van der Waals surface area contributed by atoms with E-state index >= 15 is 0 Å². The Labute approximate surface area is 50.4 Å². The maximum atomic E-state index is 3.72. The van der Waals surface area contributed by atoms with E-state index in [1.165, 1.54) is 0 Å². The molecule has 8 heavy (non-hydrogen) atoms. The van der Waals surface area contributed by atoms with Crippen molar-refractivity contribution in [3.05, 3.63) is 0 Å². The van der Waals surface area contributed by atoms with Crippen molar-refractivity contribution in [3.8, 4) is 0 Å². The van der Waals surface area contributed by atoms with Crippen molar-refractivity contribution in [1.29, 1.82) is 0 Å². The smallest absolute Gasteiger partial charge is 0.0812 e. The van der Waals surface area contributed by atoms with Crippen molar-refractivity contribution in [2.75, 3.05) is 20.1 Å². The molecule has 1 aliphatic heterocycles. The fraction of sp³-hybridized carbons (Fsp3) is 1.00. The minimum Gasteiger partial charge on any atom is -0.280 e. The summed E-state index contributed by atoms with van der Waals surface area (Å²) in [6, 6.07) is 0. The van der Waals surface area contributed by atoms with Gasteiger partial charge in [-0.2, -0.15) is 5.11 Å². The third-order valence-corrected chi connectivity index (χ3v) is 0.740. The van der Waals surface area contributed by atoms with Gasteiger partial charge in [-0.1, -0.05) is 19.1 Å². The minimum absolute atomic E-state index is 0.872. The average molecular weight is 115 g/mol. The van der Waals surface area contributed by atoms with E-state index in [0.29, 0.717) is 0 Å². The number of nitrogens with zero attached hydrogens (tertiary/aromatic N) is 3. The fourth-order valence-electron chi connectivity index (χ4n) is 0.387. The van der Waals surface area contributed by atoms with E-state index in [4.69, 9.17) is 0 Å². The largest absolute Gasteiger partial charge is 0.280 e. The maximum absolute atomic E-state index is 3.72. The van der Waals surface area contributed by atoms with E-state index in [1.54, 1.807) is 0 Å². The predicted molar refractivity (Wildman–Crippen MR) is 33.7 cm³/mol. The van der Waals surface area contributed by atoms with E-state index in [1.807, 2.05) is 25.9 Å². The summed E-state index contributed by atoms with van der Waals surface area (Å²) in [5.74, 6) is 0. The Morgan fingerprint density at radius 2 is 2.00 bits per heavy atom. The lowest BCUT2D eigenvalue weighted by atomic mass is 10.7. The van der Waals surface area contributed by atoms with Gasteiger partial charge in [0.15, 0.2) is 0 Å². The summed E-state index contributed by atoms with van der Waals surface area (Å²) in [6.45, 7) is 5.86. The van der Waals surface area contributed by atoms with Gasteiger partial charge < -0.3 is 0 Å². The molecule has 3 nitrogen and oxygen atoms in total. The van der Waals surface area contributed by atoms with Gasteiger partial charge in [0.1, 0.15) is 0 Å². The molecule has 0 atom stereocenters. The van der Waals surface area contributed by atoms with Crippen LogP contribution in [0.15, 0.2) is 10.3 Å². The second-order valence-corrected chi connectivity index (χ2v) is 1.34. The van der Waals surface area contributed by atoms with Crippen LogP contribution in [0, 0.1) is 0 Å². The monoisotopic (exact) mass is 115 g/mol. The first-order chi connectivity index (χ1) is 3.89. The van der Waals surface area contributed by atoms with E-state index < -0.39 is 0 Å². The summed E-state index contributed by atoms with van der Waals surface area (Å²) in [5.41, 5.74) is 0. The number of likely N-dealkylation sites (N-methyl/N-ethyl adjacent to an activating group) is 1. The van der Waals surface area contributed by atoms with Gasteiger partial charge in [0, 0.05) is 7.05 Å². The van der Waals surface area contributed by atoms with Crippen LogP contribution in [0.25, 0.3) is 0 Å². The Balaban J connectivity index is 0.000000222. The number of rotatable bonds is 0. The normalized spacial score (nSPS) is 15.6. The van der Waals surface area contributed by atoms with Crippen LogP contribution in [0.1, 0.15) is 13.8 Å². The molecule has 0 aliphatic carbocycles. The highest BCUT2D eigenvalue weighted by Crippen LogP contribution is 1.92.